The number of piperidine rings is 1. The van der Waals surface area contributed by atoms with E-state index in [2.05, 4.69) is 20.3 Å². The van der Waals surface area contributed by atoms with Gasteiger partial charge in [0.05, 0.1) is 0 Å². The molecule has 4 heterocycles. The fourth-order valence-electron chi connectivity index (χ4n) is 3.73. The number of hydrogen-bond acceptors (Lipinski definition) is 6. The van der Waals surface area contributed by atoms with Crippen LogP contribution < -0.4 is 5.69 Å². The Balaban J connectivity index is 1.46. The van der Waals surface area contributed by atoms with Gasteiger partial charge in [0.2, 0.25) is 0 Å². The van der Waals surface area contributed by atoms with E-state index in [0.29, 0.717) is 37.4 Å². The number of amides is 1. The Kier molecular flexibility index (Phi) is 4.95. The van der Waals surface area contributed by atoms with Crippen molar-refractivity contribution in [2.75, 3.05) is 19.7 Å². The van der Waals surface area contributed by atoms with E-state index in [1.54, 1.807) is 32.4 Å². The zero-order valence-electron chi connectivity index (χ0n) is 15.7. The monoisotopic (exact) mass is 385 g/mol. The number of aliphatic hydroxyl groups excluding tert-OH is 1. The zero-order valence-corrected chi connectivity index (χ0v) is 15.7. The molecule has 1 saturated heterocycles. The molecular formula is C18H23N7O3. The van der Waals surface area contributed by atoms with Crippen molar-refractivity contribution < 1.29 is 9.90 Å². The second-order valence-electron chi connectivity index (χ2n) is 6.97. The third-order valence-corrected chi connectivity index (χ3v) is 5.24. The number of aromatic amines is 1. The van der Waals surface area contributed by atoms with Gasteiger partial charge in [0.25, 0.3) is 5.91 Å². The summed E-state index contributed by atoms with van der Waals surface area (Å²) in [7, 11) is 0. The lowest BCUT2D eigenvalue weighted by Gasteiger charge is -2.31. The molecule has 3 aromatic rings. The maximum absolute atomic E-state index is 12.9. The number of carbonyl (C=O) groups is 1. The summed E-state index contributed by atoms with van der Waals surface area (Å²) < 4.78 is 3.23. The van der Waals surface area contributed by atoms with Crippen LogP contribution in [0.1, 0.15) is 47.6 Å². The van der Waals surface area contributed by atoms with Gasteiger partial charge in [-0.15, -0.1) is 0 Å². The summed E-state index contributed by atoms with van der Waals surface area (Å²) in [5.41, 5.74) is 1.63. The quantitative estimate of drug-likeness (QED) is 0.647. The Morgan fingerprint density at radius 2 is 2.14 bits per heavy atom. The molecule has 1 aliphatic rings. The molecule has 4 rings (SSSR count). The van der Waals surface area contributed by atoms with Gasteiger partial charge in [0, 0.05) is 50.6 Å². The summed E-state index contributed by atoms with van der Waals surface area (Å²) in [6.07, 6.45) is 5.47. The van der Waals surface area contributed by atoms with E-state index in [-0.39, 0.29) is 24.1 Å². The van der Waals surface area contributed by atoms with Crippen LogP contribution >= 0.6 is 0 Å². The fraction of sp³-hybridized carbons (Fsp3) is 0.500. The molecule has 0 bridgehead atoms. The van der Waals surface area contributed by atoms with Crippen LogP contribution in [0.4, 0.5) is 0 Å². The molecule has 0 aromatic carbocycles. The molecule has 2 N–H and O–H groups in total. The van der Waals surface area contributed by atoms with Crippen molar-refractivity contribution in [1.29, 1.82) is 0 Å². The van der Waals surface area contributed by atoms with Crippen LogP contribution in [0, 0.1) is 0 Å². The molecular weight excluding hydrogens is 362 g/mol. The summed E-state index contributed by atoms with van der Waals surface area (Å²) in [5.74, 6) is 0.808. The van der Waals surface area contributed by atoms with Crippen LogP contribution in [0.2, 0.25) is 0 Å². The number of carbonyl (C=O) groups excluding carboxylic acids is 1. The third-order valence-electron chi connectivity index (χ3n) is 5.24. The average molecular weight is 385 g/mol. The van der Waals surface area contributed by atoms with E-state index in [4.69, 9.17) is 5.11 Å². The predicted octanol–water partition coefficient (Wildman–Crippen LogP) is 0.189. The van der Waals surface area contributed by atoms with E-state index in [0.717, 1.165) is 24.2 Å². The highest BCUT2D eigenvalue weighted by atomic mass is 16.3. The number of aliphatic hydroxyl groups is 1. The van der Waals surface area contributed by atoms with Gasteiger partial charge < -0.3 is 10.0 Å². The fourth-order valence-corrected chi connectivity index (χ4v) is 3.73. The minimum Gasteiger partial charge on any atom is -0.396 e. The number of nitrogens with zero attached hydrogens (tertiary/aromatic N) is 6. The summed E-state index contributed by atoms with van der Waals surface area (Å²) in [6.45, 7) is 3.71. The van der Waals surface area contributed by atoms with Gasteiger partial charge in [-0.3, -0.25) is 9.36 Å². The van der Waals surface area contributed by atoms with E-state index in [1.165, 1.54) is 0 Å². The number of aromatic nitrogens is 6. The first-order valence-electron chi connectivity index (χ1n) is 9.50. The van der Waals surface area contributed by atoms with Crippen LogP contribution in [0.5, 0.6) is 0 Å². The van der Waals surface area contributed by atoms with Crippen molar-refractivity contribution in [3.05, 3.63) is 46.0 Å². The molecule has 28 heavy (non-hydrogen) atoms. The number of hydrogen-bond donors (Lipinski definition) is 2. The van der Waals surface area contributed by atoms with Crippen molar-refractivity contribution in [3.8, 4) is 0 Å². The van der Waals surface area contributed by atoms with Crippen LogP contribution in [-0.2, 0) is 13.0 Å². The Bertz CT molecular complexity index is 1040. The first kappa shape index (κ1) is 18.4. The molecule has 0 radical (unpaired) electrons. The van der Waals surface area contributed by atoms with Crippen LogP contribution in [-0.4, -0.2) is 65.0 Å². The van der Waals surface area contributed by atoms with Crippen molar-refractivity contribution in [1.82, 2.24) is 34.3 Å². The number of rotatable bonds is 5. The van der Waals surface area contributed by atoms with Gasteiger partial charge in [-0.1, -0.05) is 0 Å². The molecule has 0 saturated carbocycles. The van der Waals surface area contributed by atoms with Crippen molar-refractivity contribution >= 4 is 11.6 Å². The van der Waals surface area contributed by atoms with Crippen LogP contribution in [0.3, 0.4) is 0 Å². The molecule has 10 heteroatoms. The molecule has 1 fully saturated rings. The first-order valence-corrected chi connectivity index (χ1v) is 9.50. The third kappa shape index (κ3) is 3.31. The molecule has 1 amide bonds. The number of fused-ring (bicyclic) bond motifs is 1. The molecule has 0 aliphatic carbocycles. The highest BCUT2D eigenvalue weighted by molar-refractivity contribution is 5.93. The van der Waals surface area contributed by atoms with E-state index < -0.39 is 0 Å². The maximum atomic E-state index is 12.9. The largest absolute Gasteiger partial charge is 0.396 e. The second-order valence-corrected chi connectivity index (χ2v) is 6.97. The molecule has 148 valence electrons. The van der Waals surface area contributed by atoms with Crippen molar-refractivity contribution in [3.63, 3.8) is 0 Å². The van der Waals surface area contributed by atoms with Crippen molar-refractivity contribution in [2.45, 2.75) is 38.6 Å². The lowest BCUT2D eigenvalue weighted by atomic mass is 9.95. The summed E-state index contributed by atoms with van der Waals surface area (Å²) >= 11 is 0. The van der Waals surface area contributed by atoms with Gasteiger partial charge in [0.1, 0.15) is 5.82 Å². The molecule has 0 unspecified atom stereocenters. The number of nitrogens with one attached hydrogen (secondary N) is 1. The Morgan fingerprint density at radius 1 is 1.36 bits per heavy atom. The van der Waals surface area contributed by atoms with Gasteiger partial charge in [0.15, 0.2) is 11.3 Å². The Labute approximate surface area is 160 Å². The Hall–Kier alpha value is -3.01. The highest BCUT2D eigenvalue weighted by Crippen LogP contribution is 2.26. The average Bonchev–Trinajstić information content (AvgIpc) is 3.30. The smallest absolute Gasteiger partial charge is 0.343 e. The van der Waals surface area contributed by atoms with Gasteiger partial charge in [-0.25, -0.2) is 19.4 Å². The number of likely N-dealkylation sites (tertiary alicyclic amines) is 1. The summed E-state index contributed by atoms with van der Waals surface area (Å²) in [4.78, 5) is 30.7. The Morgan fingerprint density at radius 3 is 2.86 bits per heavy atom. The molecule has 0 atom stereocenters. The van der Waals surface area contributed by atoms with E-state index in [9.17, 15) is 9.59 Å². The van der Waals surface area contributed by atoms with E-state index in [1.807, 2.05) is 6.92 Å². The molecule has 1 aliphatic heterocycles. The minimum atomic E-state index is -0.186. The lowest BCUT2D eigenvalue weighted by Crippen LogP contribution is -2.38. The van der Waals surface area contributed by atoms with Gasteiger partial charge >= 0.3 is 5.69 Å². The van der Waals surface area contributed by atoms with Crippen molar-refractivity contribution in [2.24, 2.45) is 0 Å². The zero-order chi connectivity index (χ0) is 19.7. The van der Waals surface area contributed by atoms with Crippen LogP contribution in [0.25, 0.3) is 5.65 Å². The molecule has 10 nitrogen and oxygen atoms in total. The topological polar surface area (TPSA) is 121 Å². The second kappa shape index (κ2) is 7.55. The standard InChI is InChI=1S/C18H23N7O3/c1-2-24-16(20-21-18(24)28)13-3-6-23(7-4-13)17(27)14-9-15-19-10-12(5-8-26)11-25(15)22-14/h9-11,13,26H,2-8H2,1H3,(H,21,28). The first-order chi connectivity index (χ1) is 13.6. The highest BCUT2D eigenvalue weighted by Gasteiger charge is 2.28. The van der Waals surface area contributed by atoms with E-state index >= 15 is 0 Å². The molecule has 0 spiro atoms. The predicted molar refractivity (Wildman–Crippen MR) is 100 cm³/mol. The van der Waals surface area contributed by atoms with Crippen LogP contribution in [0.15, 0.2) is 23.3 Å². The SMILES string of the molecule is CCn1c(C2CCN(C(=O)c3cc4ncc(CCO)cn4n3)CC2)n[nH]c1=O. The normalized spacial score (nSPS) is 15.4. The summed E-state index contributed by atoms with van der Waals surface area (Å²) in [6, 6.07) is 1.68. The summed E-state index contributed by atoms with van der Waals surface area (Å²) in [5, 5.41) is 20.1. The van der Waals surface area contributed by atoms with Gasteiger partial charge in [-0.05, 0) is 31.7 Å². The van der Waals surface area contributed by atoms with Gasteiger partial charge in [-0.2, -0.15) is 10.2 Å². The maximum Gasteiger partial charge on any atom is 0.343 e. The molecule has 3 aromatic heterocycles. The number of H-pyrrole nitrogens is 1. The minimum absolute atomic E-state index is 0.0387. The lowest BCUT2D eigenvalue weighted by molar-refractivity contribution is 0.0704.